The summed E-state index contributed by atoms with van der Waals surface area (Å²) in [7, 11) is 0. The van der Waals surface area contributed by atoms with Crippen molar-refractivity contribution >= 4 is 32.8 Å². The van der Waals surface area contributed by atoms with Gasteiger partial charge in [0.15, 0.2) is 0 Å². The van der Waals surface area contributed by atoms with Crippen LogP contribution < -0.4 is 9.30 Å². The zero-order valence-corrected chi connectivity index (χ0v) is 46.8. The Kier molecular flexibility index (Phi) is 11.9. The molecule has 0 atom stereocenters. The molecule has 0 radical (unpaired) electrons. The number of aromatic nitrogens is 4. The first-order valence-corrected chi connectivity index (χ1v) is 25.6. The van der Waals surface area contributed by atoms with E-state index in [-0.39, 0.29) is 60.9 Å². The SMILES string of the molecule is [2H]c1c([2H])c([2H])c(-c2cccc(-c3cc(C(C)(C)C)cc(C(C)(C)C)c3)c2-[n+]2[c-]n(-c3[c-]c(Oc4[c-]c5c(cc4)c4ccccc4n5-c4cc(C(C)C)c(-c5ccc(C(C)(C)C)cc5)cn4)ccc3)c3ccccc32)c([2H])c1[2H].[Pt]. The predicted molar refractivity (Wildman–Crippen MR) is 306 cm³/mol. The number of nitrogens with zero attached hydrogens (tertiary/aromatic N) is 4. The van der Waals surface area contributed by atoms with Crippen molar-refractivity contribution in [1.82, 2.24) is 14.1 Å². The third kappa shape index (κ3) is 9.80. The first kappa shape index (κ1) is 45.1. The normalized spacial score (nSPS) is 13.1. The van der Waals surface area contributed by atoms with E-state index < -0.39 is 18.1 Å². The molecule has 0 aliphatic heterocycles. The van der Waals surface area contributed by atoms with Crippen LogP contribution in [-0.2, 0) is 37.3 Å². The van der Waals surface area contributed by atoms with Crippen LogP contribution in [0, 0.1) is 18.5 Å². The molecule has 8 aromatic carbocycles. The van der Waals surface area contributed by atoms with Crippen LogP contribution in [0.4, 0.5) is 0 Å². The molecule has 0 aliphatic rings. The number of pyridine rings is 1. The average molecular weight is 1170 g/mol. The van der Waals surface area contributed by atoms with Crippen LogP contribution in [-0.4, -0.2) is 14.1 Å². The molecular formula is C69H64N4OPt-2. The molecule has 0 N–H and O–H groups in total. The molecule has 3 heterocycles. The maximum Gasteiger partial charge on any atom is 0.268 e. The van der Waals surface area contributed by atoms with E-state index in [0.717, 1.165) is 72.0 Å². The van der Waals surface area contributed by atoms with Gasteiger partial charge in [0, 0.05) is 49.8 Å². The van der Waals surface area contributed by atoms with Crippen molar-refractivity contribution in [2.75, 3.05) is 0 Å². The van der Waals surface area contributed by atoms with Crippen molar-refractivity contribution < 1.29 is 37.2 Å². The number of ether oxygens (including phenoxy) is 1. The third-order valence-corrected chi connectivity index (χ3v) is 14.2. The predicted octanol–water partition coefficient (Wildman–Crippen LogP) is 17.6. The Morgan fingerprint density at radius 1 is 0.560 bits per heavy atom. The second-order valence-corrected chi connectivity index (χ2v) is 22.8. The third-order valence-electron chi connectivity index (χ3n) is 14.2. The number of rotatable bonds is 9. The zero-order chi connectivity index (χ0) is 56.0. The minimum absolute atomic E-state index is 0. The number of hydrogen-bond donors (Lipinski definition) is 0. The Morgan fingerprint density at radius 2 is 1.19 bits per heavy atom. The van der Waals surface area contributed by atoms with Gasteiger partial charge in [0.05, 0.1) is 23.6 Å². The van der Waals surface area contributed by atoms with E-state index >= 15 is 0 Å². The second-order valence-electron chi connectivity index (χ2n) is 22.8. The van der Waals surface area contributed by atoms with E-state index in [4.69, 9.17) is 13.8 Å². The molecule has 0 fully saturated rings. The Morgan fingerprint density at radius 3 is 1.87 bits per heavy atom. The second kappa shape index (κ2) is 19.7. The van der Waals surface area contributed by atoms with E-state index in [9.17, 15) is 2.74 Å². The number of para-hydroxylation sites is 4. The summed E-state index contributed by atoms with van der Waals surface area (Å²) < 4.78 is 57.3. The Bertz CT molecular complexity index is 4150. The molecule has 378 valence electrons. The number of hydrogen-bond acceptors (Lipinski definition) is 2. The van der Waals surface area contributed by atoms with Gasteiger partial charge in [0.1, 0.15) is 5.82 Å². The van der Waals surface area contributed by atoms with Gasteiger partial charge >= 0.3 is 0 Å². The fourth-order valence-corrected chi connectivity index (χ4v) is 10.0. The van der Waals surface area contributed by atoms with Crippen molar-refractivity contribution in [3.8, 4) is 62.1 Å². The molecule has 0 spiro atoms. The molecule has 11 rings (SSSR count). The molecule has 0 saturated carbocycles. The molecule has 3 aromatic heterocycles. The van der Waals surface area contributed by atoms with Gasteiger partial charge in [0.2, 0.25) is 0 Å². The molecule has 0 saturated heterocycles. The number of imidazole rings is 1. The Labute approximate surface area is 464 Å². The number of fused-ring (bicyclic) bond motifs is 4. The van der Waals surface area contributed by atoms with Crippen molar-refractivity contribution in [3.05, 3.63) is 223 Å². The van der Waals surface area contributed by atoms with Gasteiger partial charge in [-0.25, -0.2) is 4.98 Å². The van der Waals surface area contributed by atoms with E-state index in [1.54, 1.807) is 0 Å². The van der Waals surface area contributed by atoms with Gasteiger partial charge in [-0.15, -0.1) is 29.7 Å². The largest absolute Gasteiger partial charge is 0.510 e. The Balaban J connectivity index is 0.00000720. The molecule has 0 aliphatic carbocycles. The summed E-state index contributed by atoms with van der Waals surface area (Å²) in [6.45, 7) is 24.4. The van der Waals surface area contributed by atoms with Gasteiger partial charge in [-0.1, -0.05) is 215 Å². The maximum absolute atomic E-state index is 9.24. The van der Waals surface area contributed by atoms with E-state index in [1.165, 1.54) is 11.1 Å². The Hall–Kier alpha value is -7.33. The summed E-state index contributed by atoms with van der Waals surface area (Å²) in [5.74, 6) is 1.99. The first-order valence-electron chi connectivity index (χ1n) is 28.1. The average Bonchev–Trinajstić information content (AvgIpc) is 3.98. The minimum Gasteiger partial charge on any atom is -0.510 e. The molecule has 5 nitrogen and oxygen atoms in total. The standard InChI is InChI=1S/C69H64N4O.Pt/c1-45(2)59-42-65(70-43-60(59)47-31-33-49(34-32-47)67(3,4)5)73-61-28-16-15-25-57(61)58-36-35-54(41-64(58)73)74-53-24-19-23-52(40-53)71-44-72(63-30-18-17-29-62(63)71)66-55(46-21-13-12-14-22-46)26-20-27-56(66)48-37-50(68(6,7)8)39-51(38-48)69(9,10)11;/h12-39,42-43,45H,1-11H3;/q-2;/i12D,13D,14D,21D,22D;. The maximum atomic E-state index is 9.24. The summed E-state index contributed by atoms with van der Waals surface area (Å²) in [6, 6.07) is 55.1. The van der Waals surface area contributed by atoms with Crippen molar-refractivity contribution in [2.45, 2.75) is 98.3 Å². The fourth-order valence-electron chi connectivity index (χ4n) is 10.0. The number of benzene rings is 8. The molecule has 0 unspecified atom stereocenters. The monoisotopic (exact) mass is 1160 g/mol. The van der Waals surface area contributed by atoms with Crippen LogP contribution >= 0.6 is 0 Å². The van der Waals surface area contributed by atoms with Crippen LogP contribution in [0.25, 0.3) is 83.4 Å². The van der Waals surface area contributed by atoms with Gasteiger partial charge < -0.3 is 13.9 Å². The van der Waals surface area contributed by atoms with Crippen LogP contribution in [0.5, 0.6) is 11.5 Å². The molecule has 75 heavy (non-hydrogen) atoms. The minimum atomic E-state index is -0.446. The molecule has 0 bridgehead atoms. The summed E-state index contributed by atoms with van der Waals surface area (Å²) >= 11 is 0. The van der Waals surface area contributed by atoms with Crippen LogP contribution in [0.1, 0.15) is 111 Å². The van der Waals surface area contributed by atoms with Gasteiger partial charge in [-0.2, -0.15) is 18.2 Å². The quantitative estimate of drug-likeness (QED) is 0.107. The van der Waals surface area contributed by atoms with E-state index in [0.29, 0.717) is 28.4 Å². The summed E-state index contributed by atoms with van der Waals surface area (Å²) in [5.41, 5.74) is 13.7. The molecule has 6 heteroatoms. The summed E-state index contributed by atoms with van der Waals surface area (Å²) in [6.07, 6.45) is 5.68. The first-order chi connectivity index (χ1) is 37.5. The van der Waals surface area contributed by atoms with E-state index in [1.807, 2.05) is 82.1 Å². The van der Waals surface area contributed by atoms with Crippen molar-refractivity contribution in [1.29, 1.82) is 0 Å². The summed E-state index contributed by atoms with van der Waals surface area (Å²) in [5, 5.41) is 2.11. The molecule has 11 aromatic rings. The van der Waals surface area contributed by atoms with Gasteiger partial charge in [-0.05, 0) is 95.4 Å². The van der Waals surface area contributed by atoms with Crippen LogP contribution in [0.15, 0.2) is 182 Å². The van der Waals surface area contributed by atoms with Crippen molar-refractivity contribution in [3.63, 3.8) is 0 Å². The molecular weight excluding hydrogens is 1100 g/mol. The van der Waals surface area contributed by atoms with Crippen LogP contribution in [0.3, 0.4) is 0 Å². The molecule has 0 amide bonds. The van der Waals surface area contributed by atoms with Crippen molar-refractivity contribution in [2.24, 2.45) is 0 Å². The summed E-state index contributed by atoms with van der Waals surface area (Å²) in [4.78, 5) is 5.16. The smallest absolute Gasteiger partial charge is 0.268 e. The van der Waals surface area contributed by atoms with Gasteiger partial charge in [-0.3, -0.25) is 4.57 Å². The van der Waals surface area contributed by atoms with Gasteiger partial charge in [0.25, 0.3) is 6.33 Å². The topological polar surface area (TPSA) is 35.9 Å². The van der Waals surface area contributed by atoms with E-state index in [2.05, 4.69) is 178 Å². The van der Waals surface area contributed by atoms with Crippen LogP contribution in [0.2, 0.25) is 0 Å². The zero-order valence-electron chi connectivity index (χ0n) is 49.5. The fraction of sp³-hybridized carbons (Fsp3) is 0.217.